The van der Waals surface area contributed by atoms with Gasteiger partial charge in [0.2, 0.25) is 0 Å². The van der Waals surface area contributed by atoms with E-state index in [-0.39, 0.29) is 11.6 Å². The highest BCUT2D eigenvalue weighted by Crippen LogP contribution is 2.31. The van der Waals surface area contributed by atoms with Gasteiger partial charge in [0.25, 0.3) is 0 Å². The average molecular weight is 427 g/mol. The maximum atomic E-state index is 13.3. The van der Waals surface area contributed by atoms with E-state index >= 15 is 0 Å². The Bertz CT molecular complexity index is 1330. The molecule has 0 aliphatic carbocycles. The second kappa shape index (κ2) is 8.24. The van der Waals surface area contributed by atoms with Crippen LogP contribution in [0, 0.1) is 0 Å². The van der Waals surface area contributed by atoms with Gasteiger partial charge in [-0.25, -0.2) is 0 Å². The average Bonchev–Trinajstić information content (AvgIpc) is 3.16. The van der Waals surface area contributed by atoms with Crippen LogP contribution < -0.4 is 4.90 Å². The number of benzene rings is 3. The third-order valence-corrected chi connectivity index (χ3v) is 6.36. The van der Waals surface area contributed by atoms with Crippen LogP contribution in [0.3, 0.4) is 0 Å². The van der Waals surface area contributed by atoms with Crippen LogP contribution in [0.25, 0.3) is 21.8 Å². The maximum absolute atomic E-state index is 13.3. The molecule has 0 unspecified atom stereocenters. The van der Waals surface area contributed by atoms with E-state index in [1.54, 1.807) is 6.92 Å². The van der Waals surface area contributed by atoms with Crippen LogP contribution >= 0.6 is 0 Å². The smallest absolute Gasteiger partial charge is 0.193 e. The molecule has 1 fully saturated rings. The van der Waals surface area contributed by atoms with Crippen molar-refractivity contribution in [1.82, 2.24) is 4.57 Å². The topological polar surface area (TPSA) is 51.5 Å². The zero-order valence-electron chi connectivity index (χ0n) is 18.4. The Kier molecular flexibility index (Phi) is 5.27. The van der Waals surface area contributed by atoms with Gasteiger partial charge in [-0.05, 0) is 74.5 Å². The number of fused-ring (bicyclic) bond motifs is 3. The number of nitrogens with zero attached hydrogens (tertiary/aromatic N) is 2. The summed E-state index contributed by atoms with van der Waals surface area (Å²) in [5.41, 5.74) is 5.27. The van der Waals surface area contributed by atoms with Gasteiger partial charge in [-0.15, -0.1) is 0 Å². The molecule has 5 rings (SSSR count). The number of rotatable bonds is 5. The van der Waals surface area contributed by atoms with Crippen molar-refractivity contribution < 1.29 is 14.3 Å². The molecule has 32 heavy (non-hydrogen) atoms. The first-order chi connectivity index (χ1) is 15.6. The lowest BCUT2D eigenvalue weighted by molar-refractivity contribution is 0.101. The molecule has 2 heterocycles. The van der Waals surface area contributed by atoms with Gasteiger partial charge in [0, 0.05) is 63.8 Å². The molecule has 1 aliphatic heterocycles. The van der Waals surface area contributed by atoms with E-state index in [0.29, 0.717) is 16.7 Å². The van der Waals surface area contributed by atoms with Crippen molar-refractivity contribution in [1.29, 1.82) is 0 Å². The predicted molar refractivity (Wildman–Crippen MR) is 128 cm³/mol. The fraction of sp³-hybridized carbons (Fsp3) is 0.259. The van der Waals surface area contributed by atoms with Crippen molar-refractivity contribution in [3.63, 3.8) is 0 Å². The van der Waals surface area contributed by atoms with Gasteiger partial charge in [-0.1, -0.05) is 0 Å². The lowest BCUT2D eigenvalue weighted by atomic mass is 10.00. The Labute approximate surface area is 187 Å². The molecule has 1 saturated heterocycles. The highest BCUT2D eigenvalue weighted by molar-refractivity contribution is 6.15. The molecule has 0 saturated carbocycles. The third kappa shape index (κ3) is 3.49. The molecule has 0 amide bonds. The molecule has 162 valence electrons. The molecule has 5 nitrogen and oxygen atoms in total. The summed E-state index contributed by atoms with van der Waals surface area (Å²) < 4.78 is 7.64. The first-order valence-corrected chi connectivity index (χ1v) is 11.1. The normalized spacial score (nSPS) is 14.2. The zero-order chi connectivity index (χ0) is 22.2. The van der Waals surface area contributed by atoms with Crippen LogP contribution in [-0.2, 0) is 11.3 Å². The molecule has 5 heteroatoms. The number of carbonyl (C=O) groups excluding carboxylic acids is 2. The summed E-state index contributed by atoms with van der Waals surface area (Å²) in [5.74, 6) is 0.0393. The second-order valence-corrected chi connectivity index (χ2v) is 8.24. The number of ether oxygens (including phenoxy) is 1. The minimum Gasteiger partial charge on any atom is -0.378 e. The standard InChI is InChI=1S/C27H26N2O3/c1-3-29-25-10-6-20(18(2)30)16-23(25)24-17-21(7-11-26(24)29)27(31)19-4-8-22(9-5-19)28-12-14-32-15-13-28/h4-11,16-17H,3,12-15H2,1-2H3. The van der Waals surface area contributed by atoms with Crippen molar-refractivity contribution >= 4 is 39.1 Å². The molecule has 0 bridgehead atoms. The molecular weight excluding hydrogens is 400 g/mol. The van der Waals surface area contributed by atoms with Crippen LogP contribution in [-0.4, -0.2) is 42.4 Å². The Morgan fingerprint density at radius 2 is 1.38 bits per heavy atom. The molecule has 0 radical (unpaired) electrons. The van der Waals surface area contributed by atoms with Crippen molar-refractivity contribution in [2.45, 2.75) is 20.4 Å². The van der Waals surface area contributed by atoms with Crippen molar-refractivity contribution in [2.24, 2.45) is 0 Å². The highest BCUT2D eigenvalue weighted by Gasteiger charge is 2.16. The van der Waals surface area contributed by atoms with Gasteiger partial charge in [-0.3, -0.25) is 9.59 Å². The summed E-state index contributed by atoms with van der Waals surface area (Å²) in [6.45, 7) is 7.70. The Hall–Kier alpha value is -3.44. The van der Waals surface area contributed by atoms with E-state index < -0.39 is 0 Å². The number of morpholine rings is 1. The summed E-state index contributed by atoms with van der Waals surface area (Å²) in [4.78, 5) is 27.5. The fourth-order valence-corrected chi connectivity index (χ4v) is 4.62. The molecule has 1 aromatic heterocycles. The third-order valence-electron chi connectivity index (χ3n) is 6.36. The van der Waals surface area contributed by atoms with Gasteiger partial charge >= 0.3 is 0 Å². The van der Waals surface area contributed by atoms with Gasteiger partial charge in [0.1, 0.15) is 0 Å². The Morgan fingerprint density at radius 3 is 1.97 bits per heavy atom. The number of aromatic nitrogens is 1. The Morgan fingerprint density at radius 1 is 0.812 bits per heavy atom. The summed E-state index contributed by atoms with van der Waals surface area (Å²) in [6, 6.07) is 19.5. The zero-order valence-corrected chi connectivity index (χ0v) is 18.4. The Balaban J connectivity index is 1.53. The number of ketones is 2. The minimum absolute atomic E-state index is 0.000508. The van der Waals surface area contributed by atoms with Crippen LogP contribution in [0.15, 0.2) is 60.7 Å². The predicted octanol–water partition coefficient (Wildman–Crippen LogP) is 5.08. The highest BCUT2D eigenvalue weighted by atomic mass is 16.5. The number of aryl methyl sites for hydroxylation is 1. The number of hydrogen-bond acceptors (Lipinski definition) is 4. The van der Waals surface area contributed by atoms with E-state index in [0.717, 1.165) is 60.3 Å². The molecule has 0 atom stereocenters. The van der Waals surface area contributed by atoms with E-state index in [2.05, 4.69) is 16.4 Å². The van der Waals surface area contributed by atoms with Crippen LogP contribution in [0.4, 0.5) is 5.69 Å². The number of carbonyl (C=O) groups is 2. The summed E-state index contributed by atoms with van der Waals surface area (Å²) in [7, 11) is 0. The van der Waals surface area contributed by atoms with Gasteiger partial charge in [0.05, 0.1) is 13.2 Å². The van der Waals surface area contributed by atoms with Crippen LogP contribution in [0.2, 0.25) is 0 Å². The first-order valence-electron chi connectivity index (χ1n) is 11.1. The molecule has 3 aromatic carbocycles. The second-order valence-electron chi connectivity index (χ2n) is 8.24. The van der Waals surface area contributed by atoms with E-state index in [4.69, 9.17) is 4.74 Å². The summed E-state index contributed by atoms with van der Waals surface area (Å²) in [5, 5.41) is 2.01. The maximum Gasteiger partial charge on any atom is 0.193 e. The summed E-state index contributed by atoms with van der Waals surface area (Å²) in [6.07, 6.45) is 0. The molecule has 0 spiro atoms. The van der Waals surface area contributed by atoms with E-state index in [1.165, 1.54) is 0 Å². The molecule has 1 aliphatic rings. The van der Waals surface area contributed by atoms with E-state index in [9.17, 15) is 9.59 Å². The number of Topliss-reactive ketones (excluding diaryl/α,β-unsaturated/α-hetero) is 1. The fourth-order valence-electron chi connectivity index (χ4n) is 4.62. The molecule has 0 N–H and O–H groups in total. The van der Waals surface area contributed by atoms with Gasteiger partial charge < -0.3 is 14.2 Å². The van der Waals surface area contributed by atoms with E-state index in [1.807, 2.05) is 60.7 Å². The van der Waals surface area contributed by atoms with Crippen molar-refractivity contribution in [3.05, 3.63) is 77.4 Å². The number of anilines is 1. The summed E-state index contributed by atoms with van der Waals surface area (Å²) >= 11 is 0. The van der Waals surface area contributed by atoms with Gasteiger partial charge in [-0.2, -0.15) is 0 Å². The van der Waals surface area contributed by atoms with Gasteiger partial charge in [0.15, 0.2) is 11.6 Å². The SMILES string of the molecule is CCn1c2ccc(C(C)=O)cc2c2cc(C(=O)c3ccc(N4CCOCC4)cc3)ccc21. The van der Waals surface area contributed by atoms with Crippen LogP contribution in [0.5, 0.6) is 0 Å². The largest absolute Gasteiger partial charge is 0.378 e. The first kappa shape index (κ1) is 20.5. The lowest BCUT2D eigenvalue weighted by Gasteiger charge is -2.28. The van der Waals surface area contributed by atoms with Crippen LogP contribution in [0.1, 0.15) is 40.1 Å². The monoisotopic (exact) mass is 426 g/mol. The number of hydrogen-bond donors (Lipinski definition) is 0. The molecular formula is C27H26N2O3. The van der Waals surface area contributed by atoms with Crippen molar-refractivity contribution in [2.75, 3.05) is 31.2 Å². The van der Waals surface area contributed by atoms with Crippen molar-refractivity contribution in [3.8, 4) is 0 Å². The quantitative estimate of drug-likeness (QED) is 0.418. The minimum atomic E-state index is 0.000508. The molecule has 4 aromatic rings. The lowest BCUT2D eigenvalue weighted by Crippen LogP contribution is -2.36.